The second kappa shape index (κ2) is 12.3. The van der Waals surface area contributed by atoms with E-state index in [1.54, 1.807) is 12.1 Å². The molecule has 0 saturated heterocycles. The summed E-state index contributed by atoms with van der Waals surface area (Å²) in [7, 11) is -1.70. The Morgan fingerprint density at radius 3 is 1.54 bits per heavy atom. The molecule has 7 rings (SSSR count). The van der Waals surface area contributed by atoms with E-state index in [9.17, 15) is 13.2 Å². The number of allylic oxidation sites excluding steroid dienone is 8. The molecule has 3 aromatic rings. The predicted molar refractivity (Wildman–Crippen MR) is 199 cm³/mol. The van der Waals surface area contributed by atoms with E-state index >= 15 is 0 Å². The number of rotatable bonds is 4. The molecule has 0 aromatic heterocycles. The van der Waals surface area contributed by atoms with Crippen molar-refractivity contribution < 1.29 is 57.8 Å². The van der Waals surface area contributed by atoms with Crippen LogP contribution in [0.4, 0.5) is 13.2 Å². The fourth-order valence-electron chi connectivity index (χ4n) is 9.92. The monoisotopic (exact) mass is 809 g/mol. The fraction of sp³-hybridized carbons (Fsp3) is 0.372. The Morgan fingerprint density at radius 2 is 1.16 bits per heavy atom. The van der Waals surface area contributed by atoms with Gasteiger partial charge in [0.1, 0.15) is 0 Å². The van der Waals surface area contributed by atoms with Crippen molar-refractivity contribution in [2.75, 3.05) is 0 Å². The van der Waals surface area contributed by atoms with E-state index < -0.39 is 39.6 Å². The molecule has 0 radical (unpaired) electrons. The first-order valence-corrected chi connectivity index (χ1v) is 26.4. The summed E-state index contributed by atoms with van der Waals surface area (Å²) in [5.74, 6) is 0.194. The Hall–Kier alpha value is -2.04. The van der Waals surface area contributed by atoms with E-state index in [1.165, 1.54) is 81.8 Å². The molecule has 0 fully saturated rings. The first-order valence-electron chi connectivity index (χ1n) is 17.3. The zero-order valence-corrected chi connectivity index (χ0v) is 36.1. The molecule has 50 heavy (non-hydrogen) atoms. The zero-order chi connectivity index (χ0) is 35.1. The van der Waals surface area contributed by atoms with E-state index in [1.807, 2.05) is 0 Å². The van der Waals surface area contributed by atoms with E-state index in [0.717, 1.165) is 3.27 Å². The van der Waals surface area contributed by atoms with Crippen molar-refractivity contribution >= 4 is 26.7 Å². The molecule has 2 unspecified atom stereocenters. The van der Waals surface area contributed by atoms with Crippen molar-refractivity contribution in [1.82, 2.24) is 0 Å². The van der Waals surface area contributed by atoms with Crippen LogP contribution < -0.4 is 28.1 Å². The number of hydrogen-bond acceptors (Lipinski definition) is 0. The van der Waals surface area contributed by atoms with Crippen LogP contribution in [0.25, 0.3) is 22.3 Å². The largest absolute Gasteiger partial charge is 1.00 e. The molecular formula is C43H48Cl2F3SiZr. The summed E-state index contributed by atoms with van der Waals surface area (Å²) >= 11 is -4.22. The fourth-order valence-corrected chi connectivity index (χ4v) is 24.4. The van der Waals surface area contributed by atoms with Gasteiger partial charge < -0.3 is 24.8 Å². The van der Waals surface area contributed by atoms with Gasteiger partial charge in [-0.25, -0.2) is 0 Å². The van der Waals surface area contributed by atoms with Crippen molar-refractivity contribution in [2.45, 2.75) is 95.7 Å². The summed E-state index contributed by atoms with van der Waals surface area (Å²) in [6.07, 6.45) is 2.86. The summed E-state index contributed by atoms with van der Waals surface area (Å²) in [4.78, 5) is 0. The van der Waals surface area contributed by atoms with Gasteiger partial charge in [0.05, 0.1) is 0 Å². The van der Waals surface area contributed by atoms with Crippen molar-refractivity contribution in [1.29, 1.82) is 0 Å². The van der Waals surface area contributed by atoms with Crippen LogP contribution >= 0.6 is 0 Å². The molecule has 263 valence electrons. The van der Waals surface area contributed by atoms with Crippen LogP contribution in [0.5, 0.6) is 0 Å². The molecule has 0 N–H and O–H groups in total. The minimum Gasteiger partial charge on any atom is -1.00 e. The first kappa shape index (κ1) is 39.2. The van der Waals surface area contributed by atoms with Crippen LogP contribution in [0.15, 0.2) is 80.8 Å². The van der Waals surface area contributed by atoms with Gasteiger partial charge in [-0.05, 0) is 0 Å². The van der Waals surface area contributed by atoms with E-state index in [0.29, 0.717) is 0 Å². The van der Waals surface area contributed by atoms with Crippen LogP contribution in [0.3, 0.4) is 0 Å². The Kier molecular flexibility index (Phi) is 9.60. The van der Waals surface area contributed by atoms with Crippen LogP contribution in [0.2, 0.25) is 19.6 Å². The molecule has 4 aliphatic carbocycles. The van der Waals surface area contributed by atoms with Gasteiger partial charge in [0, 0.05) is 0 Å². The van der Waals surface area contributed by atoms with Gasteiger partial charge in [0.15, 0.2) is 0 Å². The number of halogens is 5. The zero-order valence-electron chi connectivity index (χ0n) is 31.1. The second-order valence-corrected chi connectivity index (χ2v) is 31.2. The number of hydrogen-bond donors (Lipinski definition) is 0. The third-order valence-electron chi connectivity index (χ3n) is 11.9. The van der Waals surface area contributed by atoms with Gasteiger partial charge >= 0.3 is 292 Å². The molecular weight excluding hydrogens is 764 g/mol. The summed E-state index contributed by atoms with van der Waals surface area (Å²) < 4.78 is 49.8. The first-order chi connectivity index (χ1) is 22.1. The maximum atomic E-state index is 14.0. The maximum Gasteiger partial charge on any atom is -1.00 e. The quantitative estimate of drug-likeness (QED) is 0.292. The standard InChI is InChI=1S/C25H25.C10H17Si.C7H4F3.CH2.2ClH.Zr/c1-14-12-24(3,4)22-8-16-7-17-9-23-19(15(2)13-25(23,5)6)11-21(17)20(16)10-18(14)22;1-8-6-9(2)10(7-8)11(3,4)5;8-7(9,10)6-4-2-1-3-5-6;;;;/h7-13H,1-6H3;7-8H,1-5H3;2-5H;1H2;2*1H;/q;;;;;;+2/p-2. The summed E-state index contributed by atoms with van der Waals surface area (Å²) in [6, 6.07) is 16.0. The van der Waals surface area contributed by atoms with Gasteiger partial charge in [0.25, 0.3) is 0 Å². The van der Waals surface area contributed by atoms with E-state index in [2.05, 4.69) is 118 Å². The Bertz CT molecular complexity index is 2030. The van der Waals surface area contributed by atoms with Gasteiger partial charge in [-0.15, -0.1) is 0 Å². The molecule has 2 atom stereocenters. The SMILES string of the molecule is [CH2]=[Zr+2]([C]1=C(C)C([Si](C)(C)C)=CC1C)([c]1ccc(C(F)(F)F)cc1)[CH]1c2cc3c(cc2-c2cc4c(cc21)C(C)(C)C=C4C)C(C)=CC3(C)C.[Cl-].[Cl-]. The summed E-state index contributed by atoms with van der Waals surface area (Å²) in [5.41, 5.74) is 13.7. The molecule has 4 aliphatic rings. The van der Waals surface area contributed by atoms with Gasteiger partial charge in [-0.2, -0.15) is 0 Å². The van der Waals surface area contributed by atoms with Gasteiger partial charge in [-0.1, -0.05) is 0 Å². The smallest absolute Gasteiger partial charge is 1.00 e. The predicted octanol–water partition coefficient (Wildman–Crippen LogP) is 5.81. The molecule has 0 spiro atoms. The number of benzene rings is 3. The second-order valence-electron chi connectivity index (χ2n) is 17.2. The van der Waals surface area contributed by atoms with Crippen LogP contribution in [-0.4, -0.2) is 12.3 Å². The topological polar surface area (TPSA) is 0 Å². The van der Waals surface area contributed by atoms with Gasteiger partial charge in [0.2, 0.25) is 0 Å². The average Bonchev–Trinajstić information content (AvgIpc) is 3.61. The Balaban J connectivity index is 0.00000243. The molecule has 0 saturated carbocycles. The normalized spacial score (nSPS) is 20.6. The van der Waals surface area contributed by atoms with E-state index in [-0.39, 0.29) is 45.2 Å². The molecule has 3 aromatic carbocycles. The Morgan fingerprint density at radius 1 is 0.720 bits per heavy atom. The van der Waals surface area contributed by atoms with E-state index in [4.69, 9.17) is 4.21 Å². The minimum absolute atomic E-state index is 0. The number of fused-ring (bicyclic) bond motifs is 5. The molecule has 0 heterocycles. The maximum absolute atomic E-state index is 14.0. The molecule has 0 amide bonds. The van der Waals surface area contributed by atoms with Crippen molar-refractivity contribution in [3.05, 3.63) is 120 Å². The summed E-state index contributed by atoms with van der Waals surface area (Å²) in [5, 5.41) is 1.48. The van der Waals surface area contributed by atoms with Crippen molar-refractivity contribution in [3.8, 4) is 11.1 Å². The third-order valence-corrected chi connectivity index (χ3v) is 25.7. The van der Waals surface area contributed by atoms with Crippen LogP contribution in [0.1, 0.15) is 98.0 Å². The van der Waals surface area contributed by atoms with Crippen molar-refractivity contribution in [3.63, 3.8) is 0 Å². The third kappa shape index (κ3) is 5.67. The van der Waals surface area contributed by atoms with Crippen molar-refractivity contribution in [2.24, 2.45) is 5.92 Å². The Labute approximate surface area is 314 Å². The average molecular weight is 812 g/mol. The van der Waals surface area contributed by atoms with Crippen LogP contribution in [-0.2, 0) is 36.8 Å². The number of alkyl halides is 3. The molecule has 7 heteroatoms. The van der Waals surface area contributed by atoms with Crippen LogP contribution in [0, 0.1) is 5.92 Å². The molecule has 0 bridgehead atoms. The van der Waals surface area contributed by atoms with Gasteiger partial charge in [-0.3, -0.25) is 0 Å². The summed E-state index contributed by atoms with van der Waals surface area (Å²) in [6.45, 7) is 25.4. The molecule has 0 nitrogen and oxygen atoms in total. The minimum atomic E-state index is -4.39. The molecule has 0 aliphatic heterocycles.